The van der Waals surface area contributed by atoms with Gasteiger partial charge < -0.3 is 15.1 Å². The molecule has 1 aromatic carbocycles. The van der Waals surface area contributed by atoms with E-state index in [0.717, 1.165) is 36.6 Å². The zero-order valence-corrected chi connectivity index (χ0v) is 21.1. The SMILES string of the molecule is Cc1ccc(O)cc1C12CCN(C(=O)c3cnc4ncccn34)CCC1(O)C(C)N(CC1CC1)CC2. The Morgan fingerprint density at radius 3 is 2.72 bits per heavy atom. The average molecular weight is 490 g/mol. The van der Waals surface area contributed by atoms with Gasteiger partial charge in [-0.25, -0.2) is 9.97 Å². The van der Waals surface area contributed by atoms with Crippen molar-refractivity contribution in [1.29, 1.82) is 0 Å². The van der Waals surface area contributed by atoms with Gasteiger partial charge in [0.05, 0.1) is 11.8 Å². The maximum absolute atomic E-state index is 13.7. The van der Waals surface area contributed by atoms with Crippen molar-refractivity contribution < 1.29 is 15.0 Å². The summed E-state index contributed by atoms with van der Waals surface area (Å²) in [5, 5.41) is 23.1. The Hall–Kier alpha value is -2.97. The Balaban J connectivity index is 1.38. The van der Waals surface area contributed by atoms with Crippen LogP contribution in [0.25, 0.3) is 5.78 Å². The molecule has 0 spiro atoms. The van der Waals surface area contributed by atoms with E-state index in [1.54, 1.807) is 28.9 Å². The van der Waals surface area contributed by atoms with Crippen LogP contribution in [0.4, 0.5) is 0 Å². The third-order valence-electron chi connectivity index (χ3n) is 9.19. The molecule has 3 aliphatic rings. The number of piperidine rings is 1. The second-order valence-corrected chi connectivity index (χ2v) is 11.1. The van der Waals surface area contributed by atoms with Gasteiger partial charge in [0.1, 0.15) is 11.4 Å². The summed E-state index contributed by atoms with van der Waals surface area (Å²) in [4.78, 5) is 26.6. The highest BCUT2D eigenvalue weighted by molar-refractivity contribution is 5.93. The number of phenolic OH excluding ortho intramolecular Hbond substituents is 1. The van der Waals surface area contributed by atoms with Gasteiger partial charge in [-0.1, -0.05) is 6.07 Å². The van der Waals surface area contributed by atoms with Gasteiger partial charge in [0.15, 0.2) is 0 Å². The number of aryl methyl sites for hydroxylation is 1. The smallest absolute Gasteiger partial charge is 0.272 e. The lowest BCUT2D eigenvalue weighted by atomic mass is 9.57. The van der Waals surface area contributed by atoms with Gasteiger partial charge in [0, 0.05) is 43.5 Å². The maximum Gasteiger partial charge on any atom is 0.272 e. The van der Waals surface area contributed by atoms with Crippen LogP contribution in [0.1, 0.15) is 60.6 Å². The lowest BCUT2D eigenvalue weighted by molar-refractivity contribution is -0.136. The molecule has 36 heavy (non-hydrogen) atoms. The standard InChI is InChI=1S/C28H35N5O3/c1-19-4-7-22(34)16-23(19)27-8-13-31(25(35)24-17-30-26-29-11-3-12-33(24)26)15-10-28(27,36)20(2)32(14-9-27)18-21-5-6-21/h3-4,7,11-12,16-17,20-21,34,36H,5-6,8-10,13-15,18H2,1-2H3. The number of hydrogen-bond acceptors (Lipinski definition) is 6. The summed E-state index contributed by atoms with van der Waals surface area (Å²) >= 11 is 0. The van der Waals surface area contributed by atoms with E-state index in [0.29, 0.717) is 37.4 Å². The average Bonchev–Trinajstić information content (AvgIpc) is 3.62. The number of aromatic hydroxyl groups is 1. The van der Waals surface area contributed by atoms with E-state index in [9.17, 15) is 15.0 Å². The minimum absolute atomic E-state index is 0.0522. The van der Waals surface area contributed by atoms with Crippen LogP contribution in [0.5, 0.6) is 5.75 Å². The molecule has 1 aliphatic carbocycles. The highest BCUT2D eigenvalue weighted by atomic mass is 16.3. The summed E-state index contributed by atoms with van der Waals surface area (Å²) in [5.41, 5.74) is 0.985. The Morgan fingerprint density at radius 1 is 1.14 bits per heavy atom. The van der Waals surface area contributed by atoms with Gasteiger partial charge in [-0.05, 0) is 87.7 Å². The monoisotopic (exact) mass is 489 g/mol. The summed E-state index contributed by atoms with van der Waals surface area (Å²) in [5.74, 6) is 1.36. The van der Waals surface area contributed by atoms with Gasteiger partial charge in [0.2, 0.25) is 5.78 Å². The van der Waals surface area contributed by atoms with Crippen LogP contribution < -0.4 is 0 Å². The first-order valence-corrected chi connectivity index (χ1v) is 13.2. The molecule has 3 atom stereocenters. The number of likely N-dealkylation sites (tertiary alicyclic amines) is 2. The Morgan fingerprint density at radius 2 is 1.92 bits per heavy atom. The molecular formula is C28H35N5O3. The molecule has 1 saturated carbocycles. The molecule has 190 valence electrons. The molecule has 3 unspecified atom stereocenters. The predicted octanol–water partition coefficient (Wildman–Crippen LogP) is 3.15. The van der Waals surface area contributed by atoms with Crippen LogP contribution in [0, 0.1) is 12.8 Å². The van der Waals surface area contributed by atoms with Gasteiger partial charge in [-0.15, -0.1) is 0 Å². The van der Waals surface area contributed by atoms with Crippen molar-refractivity contribution in [3.05, 3.63) is 59.7 Å². The van der Waals surface area contributed by atoms with E-state index in [1.165, 1.54) is 12.8 Å². The fraction of sp³-hybridized carbons (Fsp3) is 0.536. The lowest BCUT2D eigenvalue weighted by Crippen LogP contribution is -2.68. The summed E-state index contributed by atoms with van der Waals surface area (Å²) in [6.07, 6.45) is 9.52. The van der Waals surface area contributed by atoms with Crippen molar-refractivity contribution in [3.8, 4) is 5.75 Å². The summed E-state index contributed by atoms with van der Waals surface area (Å²) in [6, 6.07) is 7.24. The van der Waals surface area contributed by atoms with E-state index in [1.807, 2.05) is 23.2 Å². The van der Waals surface area contributed by atoms with Crippen LogP contribution in [-0.4, -0.2) is 78.1 Å². The van der Waals surface area contributed by atoms with E-state index in [4.69, 9.17) is 0 Å². The molecule has 1 amide bonds. The van der Waals surface area contributed by atoms with E-state index in [2.05, 4.69) is 28.7 Å². The first kappa shape index (κ1) is 23.4. The quantitative estimate of drug-likeness (QED) is 0.585. The largest absolute Gasteiger partial charge is 0.508 e. The number of fused-ring (bicyclic) bond motifs is 2. The molecule has 2 aromatic heterocycles. The van der Waals surface area contributed by atoms with Crippen molar-refractivity contribution in [2.75, 3.05) is 26.2 Å². The number of imidazole rings is 1. The Bertz CT molecular complexity index is 1300. The zero-order valence-electron chi connectivity index (χ0n) is 21.1. The molecule has 3 aromatic rings. The minimum atomic E-state index is -1.03. The van der Waals surface area contributed by atoms with Crippen molar-refractivity contribution in [2.24, 2.45) is 5.92 Å². The first-order valence-electron chi connectivity index (χ1n) is 13.2. The second-order valence-electron chi connectivity index (χ2n) is 11.1. The van der Waals surface area contributed by atoms with Gasteiger partial charge in [-0.2, -0.15) is 0 Å². The highest BCUT2D eigenvalue weighted by Crippen LogP contribution is 2.53. The molecule has 2 N–H and O–H groups in total. The number of nitrogens with zero attached hydrogens (tertiary/aromatic N) is 5. The first-order chi connectivity index (χ1) is 17.3. The molecule has 2 saturated heterocycles. The summed E-state index contributed by atoms with van der Waals surface area (Å²) in [7, 11) is 0. The fourth-order valence-corrected chi connectivity index (χ4v) is 6.84. The molecule has 3 fully saturated rings. The van der Waals surface area contributed by atoms with E-state index >= 15 is 0 Å². The number of benzene rings is 1. The Labute approximate surface area is 211 Å². The van der Waals surface area contributed by atoms with Crippen LogP contribution in [0.3, 0.4) is 0 Å². The van der Waals surface area contributed by atoms with Gasteiger partial charge in [-0.3, -0.25) is 14.1 Å². The highest BCUT2D eigenvalue weighted by Gasteiger charge is 2.60. The van der Waals surface area contributed by atoms with Crippen molar-refractivity contribution >= 4 is 11.7 Å². The number of phenols is 1. The molecule has 6 rings (SSSR count). The zero-order chi connectivity index (χ0) is 25.1. The van der Waals surface area contributed by atoms with Gasteiger partial charge in [0.25, 0.3) is 5.91 Å². The maximum atomic E-state index is 13.7. The Kier molecular flexibility index (Phi) is 5.57. The van der Waals surface area contributed by atoms with Crippen molar-refractivity contribution in [2.45, 2.75) is 63.0 Å². The number of carbonyl (C=O) groups is 1. The van der Waals surface area contributed by atoms with E-state index in [-0.39, 0.29) is 17.7 Å². The van der Waals surface area contributed by atoms with Crippen LogP contribution in [0.15, 0.2) is 42.9 Å². The molecular weight excluding hydrogens is 454 g/mol. The molecule has 0 bridgehead atoms. The third kappa shape index (κ3) is 3.61. The molecule has 4 heterocycles. The molecule has 2 aliphatic heterocycles. The number of aliphatic hydroxyl groups is 1. The summed E-state index contributed by atoms with van der Waals surface area (Å²) < 4.78 is 1.73. The number of aromatic nitrogens is 3. The molecule has 0 radical (unpaired) electrons. The van der Waals surface area contributed by atoms with Crippen LogP contribution >= 0.6 is 0 Å². The number of amides is 1. The van der Waals surface area contributed by atoms with E-state index < -0.39 is 11.0 Å². The number of rotatable bonds is 4. The topological polar surface area (TPSA) is 94.2 Å². The van der Waals surface area contributed by atoms with Crippen LogP contribution in [-0.2, 0) is 5.41 Å². The second kappa shape index (κ2) is 8.56. The van der Waals surface area contributed by atoms with Crippen molar-refractivity contribution in [3.63, 3.8) is 0 Å². The fourth-order valence-electron chi connectivity index (χ4n) is 6.84. The van der Waals surface area contributed by atoms with Gasteiger partial charge >= 0.3 is 0 Å². The normalized spacial score (nSPS) is 29.2. The lowest BCUT2D eigenvalue weighted by Gasteiger charge is -2.57. The number of carbonyl (C=O) groups excluding carboxylic acids is 1. The van der Waals surface area contributed by atoms with Crippen LogP contribution in [0.2, 0.25) is 0 Å². The summed E-state index contributed by atoms with van der Waals surface area (Å²) in [6.45, 7) is 7.13. The van der Waals surface area contributed by atoms with Crippen molar-refractivity contribution in [1.82, 2.24) is 24.2 Å². The molecule has 8 heteroatoms. The minimum Gasteiger partial charge on any atom is -0.508 e. The molecule has 8 nitrogen and oxygen atoms in total. The third-order valence-corrected chi connectivity index (χ3v) is 9.19. The number of hydrogen-bond donors (Lipinski definition) is 2. The predicted molar refractivity (Wildman–Crippen MR) is 136 cm³/mol.